The molecule has 0 aromatic rings. The summed E-state index contributed by atoms with van der Waals surface area (Å²) >= 11 is 17.5. The zero-order valence-electron chi connectivity index (χ0n) is 5.00. The van der Waals surface area contributed by atoms with Gasteiger partial charge in [0.2, 0.25) is 0 Å². The van der Waals surface area contributed by atoms with E-state index in [-0.39, 0.29) is 5.92 Å². The first-order valence-corrected chi connectivity index (χ1v) is 4.19. The van der Waals surface area contributed by atoms with Crippen molar-refractivity contribution in [3.05, 3.63) is 0 Å². The molecule has 0 aromatic carbocycles. The van der Waals surface area contributed by atoms with E-state index in [9.17, 15) is 0 Å². The molecule has 1 unspecified atom stereocenters. The first-order chi connectivity index (χ1) is 4.04. The van der Waals surface area contributed by atoms with Crippen LogP contribution in [-0.2, 0) is 0 Å². The minimum absolute atomic E-state index is 0.272. The molecule has 0 nitrogen and oxygen atoms in total. The largest absolute Gasteiger partial charge is 0.136 e. The van der Waals surface area contributed by atoms with E-state index in [0.717, 1.165) is 6.42 Å². The standard InChI is InChI=1S/C5H8S4/c1-3(5(8)9)2-4(6)7/h3H,2H2,1H3,(H,6,7)(H,8,9). The Hall–Kier alpha value is 0.880. The van der Waals surface area contributed by atoms with Crippen molar-refractivity contribution in [1.29, 1.82) is 0 Å². The van der Waals surface area contributed by atoms with Crippen LogP contribution in [-0.4, -0.2) is 8.39 Å². The molecule has 9 heavy (non-hydrogen) atoms. The molecule has 0 aliphatic rings. The van der Waals surface area contributed by atoms with E-state index in [0.29, 0.717) is 8.39 Å². The molecule has 0 heterocycles. The lowest BCUT2D eigenvalue weighted by atomic mass is 10.2. The van der Waals surface area contributed by atoms with Gasteiger partial charge in [-0.05, 0) is 6.42 Å². The first kappa shape index (κ1) is 9.88. The Morgan fingerprint density at radius 1 is 1.44 bits per heavy atom. The van der Waals surface area contributed by atoms with Crippen molar-refractivity contribution in [1.82, 2.24) is 0 Å². The van der Waals surface area contributed by atoms with E-state index in [4.69, 9.17) is 24.4 Å². The second-order valence-corrected chi connectivity index (χ2v) is 4.40. The molecular formula is C5H8S4. The van der Waals surface area contributed by atoms with Crippen molar-refractivity contribution in [3.63, 3.8) is 0 Å². The maximum atomic E-state index is 4.81. The van der Waals surface area contributed by atoms with Crippen LogP contribution in [0.1, 0.15) is 13.3 Å². The maximum absolute atomic E-state index is 4.81. The molecule has 0 rings (SSSR count). The van der Waals surface area contributed by atoms with E-state index < -0.39 is 0 Å². The monoisotopic (exact) mass is 196 g/mol. The molecule has 0 aliphatic carbocycles. The van der Waals surface area contributed by atoms with Crippen LogP contribution in [0.25, 0.3) is 0 Å². The fourth-order valence-electron chi connectivity index (χ4n) is 0.349. The number of rotatable bonds is 3. The minimum atomic E-state index is 0.272. The van der Waals surface area contributed by atoms with Crippen LogP contribution in [0.2, 0.25) is 0 Å². The highest BCUT2D eigenvalue weighted by molar-refractivity contribution is 8.12. The average molecular weight is 196 g/mol. The van der Waals surface area contributed by atoms with E-state index in [2.05, 4.69) is 25.3 Å². The Bertz CT molecular complexity index is 129. The van der Waals surface area contributed by atoms with E-state index in [1.54, 1.807) is 0 Å². The summed E-state index contributed by atoms with van der Waals surface area (Å²) in [6, 6.07) is 0. The third-order valence-electron chi connectivity index (χ3n) is 0.902. The summed E-state index contributed by atoms with van der Waals surface area (Å²) in [5, 5.41) is 0. The van der Waals surface area contributed by atoms with Crippen molar-refractivity contribution in [2.24, 2.45) is 5.92 Å². The summed E-state index contributed by atoms with van der Waals surface area (Å²) in [7, 11) is 0. The zero-order chi connectivity index (χ0) is 7.44. The van der Waals surface area contributed by atoms with Gasteiger partial charge < -0.3 is 0 Å². The summed E-state index contributed by atoms with van der Waals surface area (Å²) in [5.74, 6) is 0.272. The van der Waals surface area contributed by atoms with Crippen molar-refractivity contribution < 1.29 is 0 Å². The van der Waals surface area contributed by atoms with Crippen LogP contribution in [0.15, 0.2) is 0 Å². The Morgan fingerprint density at radius 3 is 2.00 bits per heavy atom. The molecule has 0 spiro atoms. The van der Waals surface area contributed by atoms with Gasteiger partial charge in [0.15, 0.2) is 0 Å². The normalized spacial score (nSPS) is 12.8. The highest BCUT2D eigenvalue weighted by Crippen LogP contribution is 2.10. The number of thiocarbonyl (C=S) groups is 2. The quantitative estimate of drug-likeness (QED) is 0.526. The molecular weight excluding hydrogens is 188 g/mol. The second-order valence-electron chi connectivity index (χ2n) is 1.84. The molecule has 0 bridgehead atoms. The highest BCUT2D eigenvalue weighted by atomic mass is 32.1. The number of thiol groups is 2. The van der Waals surface area contributed by atoms with Crippen molar-refractivity contribution >= 4 is 58.1 Å². The summed E-state index contributed by atoms with van der Waals surface area (Å²) in [6.07, 6.45) is 0.751. The summed E-state index contributed by atoms with van der Waals surface area (Å²) in [6.45, 7) is 1.98. The topological polar surface area (TPSA) is 0 Å². The predicted octanol–water partition coefficient (Wildman–Crippen LogP) is 2.53. The van der Waals surface area contributed by atoms with Crippen LogP contribution in [0.5, 0.6) is 0 Å². The zero-order valence-corrected chi connectivity index (χ0v) is 8.42. The number of hydrogen-bond acceptors (Lipinski definition) is 2. The van der Waals surface area contributed by atoms with E-state index >= 15 is 0 Å². The highest BCUT2D eigenvalue weighted by Gasteiger charge is 2.04. The molecule has 0 amide bonds. The second kappa shape index (κ2) is 4.66. The molecule has 52 valence electrons. The minimum Gasteiger partial charge on any atom is -0.136 e. The molecule has 0 fully saturated rings. The van der Waals surface area contributed by atoms with Gasteiger partial charge in [0.05, 0.1) is 0 Å². The lowest BCUT2D eigenvalue weighted by Crippen LogP contribution is -2.03. The van der Waals surface area contributed by atoms with Gasteiger partial charge in [0.1, 0.15) is 0 Å². The summed E-state index contributed by atoms with van der Waals surface area (Å²) < 4.78 is 1.39. The average Bonchev–Trinajstić information content (AvgIpc) is 1.63. The van der Waals surface area contributed by atoms with Crippen molar-refractivity contribution in [3.8, 4) is 0 Å². The molecule has 0 N–H and O–H groups in total. The van der Waals surface area contributed by atoms with Gasteiger partial charge in [-0.3, -0.25) is 0 Å². The lowest BCUT2D eigenvalue weighted by molar-refractivity contribution is 0.855. The van der Waals surface area contributed by atoms with Crippen LogP contribution in [0, 0.1) is 5.92 Å². The SMILES string of the molecule is CC(CC(=S)S)C(=S)S. The van der Waals surface area contributed by atoms with Crippen LogP contribution in [0.3, 0.4) is 0 Å². The molecule has 0 radical (unpaired) electrons. The van der Waals surface area contributed by atoms with Gasteiger partial charge in [0, 0.05) is 14.3 Å². The summed E-state index contributed by atoms with van der Waals surface area (Å²) in [5.41, 5.74) is 0. The molecule has 0 saturated heterocycles. The molecule has 4 heteroatoms. The molecule has 1 atom stereocenters. The Labute approximate surface area is 77.2 Å². The maximum Gasteiger partial charge on any atom is 0.0480 e. The summed E-state index contributed by atoms with van der Waals surface area (Å²) in [4.78, 5) is 0. The van der Waals surface area contributed by atoms with Crippen LogP contribution >= 0.6 is 49.7 Å². The van der Waals surface area contributed by atoms with Crippen LogP contribution < -0.4 is 0 Å². The van der Waals surface area contributed by atoms with E-state index in [1.807, 2.05) is 6.92 Å². The van der Waals surface area contributed by atoms with Gasteiger partial charge in [-0.25, -0.2) is 0 Å². The number of hydrogen-bond donors (Lipinski definition) is 2. The predicted molar refractivity (Wildman–Crippen MR) is 56.9 cm³/mol. The van der Waals surface area contributed by atoms with Crippen molar-refractivity contribution in [2.75, 3.05) is 0 Å². The van der Waals surface area contributed by atoms with Gasteiger partial charge in [-0.15, -0.1) is 25.3 Å². The Balaban J connectivity index is 3.63. The lowest BCUT2D eigenvalue weighted by Gasteiger charge is -2.04. The molecule has 0 aromatic heterocycles. The fraction of sp³-hybridized carbons (Fsp3) is 0.600. The van der Waals surface area contributed by atoms with Gasteiger partial charge in [-0.1, -0.05) is 31.4 Å². The first-order valence-electron chi connectivity index (χ1n) is 2.48. The molecule has 0 aliphatic heterocycles. The molecule has 0 saturated carbocycles. The third-order valence-corrected chi connectivity index (χ3v) is 2.09. The van der Waals surface area contributed by atoms with Crippen molar-refractivity contribution in [2.45, 2.75) is 13.3 Å². The third kappa shape index (κ3) is 5.33. The Morgan fingerprint density at radius 2 is 1.89 bits per heavy atom. The van der Waals surface area contributed by atoms with Gasteiger partial charge >= 0.3 is 0 Å². The fourth-order valence-corrected chi connectivity index (χ4v) is 1.05. The van der Waals surface area contributed by atoms with E-state index in [1.165, 1.54) is 0 Å². The Kier molecular flexibility index (Phi) is 5.11. The smallest absolute Gasteiger partial charge is 0.0480 e. The van der Waals surface area contributed by atoms with Crippen LogP contribution in [0.4, 0.5) is 0 Å². The van der Waals surface area contributed by atoms with Gasteiger partial charge in [-0.2, -0.15) is 0 Å². The van der Waals surface area contributed by atoms with Gasteiger partial charge in [0.25, 0.3) is 0 Å².